The molecule has 1 unspecified atom stereocenters. The van der Waals surface area contributed by atoms with Crippen LogP contribution in [0.15, 0.2) is 36.7 Å². The van der Waals surface area contributed by atoms with Crippen LogP contribution in [0.3, 0.4) is 0 Å². The Balaban J connectivity index is 1.62. The molecule has 5 N–H and O–H groups in total. The van der Waals surface area contributed by atoms with Crippen molar-refractivity contribution in [3.05, 3.63) is 36.7 Å². The van der Waals surface area contributed by atoms with Crippen molar-refractivity contribution in [3.8, 4) is 5.75 Å². The Labute approximate surface area is 231 Å². The number of imidazole rings is 1. The Bertz CT molecular complexity index is 1420. The second-order valence-corrected chi connectivity index (χ2v) is 10.6. The van der Waals surface area contributed by atoms with E-state index in [0.717, 1.165) is 10.9 Å². The lowest BCUT2D eigenvalue weighted by atomic mass is 9.96. The predicted octanol–water partition coefficient (Wildman–Crippen LogP) is 2.43. The number of aliphatic hydroxyl groups is 1. The molecule has 2 aromatic heterocycles. The Hall–Kier alpha value is -3.50. The predicted molar refractivity (Wildman–Crippen MR) is 139 cm³/mol. The zero-order valence-corrected chi connectivity index (χ0v) is 23.0. The second kappa shape index (κ2) is 12.2. The lowest BCUT2D eigenvalue weighted by molar-refractivity contribution is -0.144. The molecule has 4 rings (SSSR count). The number of halogens is 3. The first-order chi connectivity index (χ1) is 19.4. The first-order valence-corrected chi connectivity index (χ1v) is 13.9. The summed E-state index contributed by atoms with van der Waals surface area (Å²) in [5, 5.41) is 15.8. The molecule has 0 amide bonds. The number of nitrogens with zero attached hydrogens (tertiary/aromatic N) is 4. The minimum Gasteiger partial charge on any atom is -0.465 e. The van der Waals surface area contributed by atoms with E-state index in [0.29, 0.717) is 0 Å². The van der Waals surface area contributed by atoms with Gasteiger partial charge in [-0.2, -0.15) is 15.1 Å². The number of nitrogens with one attached hydrogen (secondary N) is 2. The molecule has 1 aliphatic heterocycles. The summed E-state index contributed by atoms with van der Waals surface area (Å²) in [7, 11) is -2.96. The van der Waals surface area contributed by atoms with Crippen molar-refractivity contribution in [1.29, 1.82) is 0 Å². The number of rotatable bonds is 12. The van der Waals surface area contributed by atoms with Gasteiger partial charge in [0.05, 0.1) is 19.5 Å². The topological polar surface area (TPSA) is 185 Å². The van der Waals surface area contributed by atoms with Gasteiger partial charge in [0.15, 0.2) is 23.2 Å². The molecule has 3 aromatic rings. The average molecular weight is 603 g/mol. The largest absolute Gasteiger partial charge is 0.465 e. The minimum absolute atomic E-state index is 0.0422. The van der Waals surface area contributed by atoms with Crippen LogP contribution in [0.2, 0.25) is 0 Å². The number of para-hydroxylation sites is 1. The monoisotopic (exact) mass is 603 g/mol. The lowest BCUT2D eigenvalue weighted by Gasteiger charge is -2.28. The van der Waals surface area contributed by atoms with E-state index in [2.05, 4.69) is 25.4 Å². The van der Waals surface area contributed by atoms with Crippen LogP contribution in [0.5, 0.6) is 5.75 Å². The number of hydrogen-bond donors (Lipinski definition) is 4. The lowest BCUT2D eigenvalue weighted by Crippen LogP contribution is -2.49. The van der Waals surface area contributed by atoms with Crippen molar-refractivity contribution >= 4 is 36.6 Å². The van der Waals surface area contributed by atoms with Crippen molar-refractivity contribution in [2.24, 2.45) is 0 Å². The van der Waals surface area contributed by atoms with Crippen molar-refractivity contribution in [3.63, 3.8) is 0 Å². The normalized spacial score (nSPS) is 24.7. The number of benzene rings is 1. The van der Waals surface area contributed by atoms with E-state index < -0.39 is 56.9 Å². The highest BCUT2D eigenvalue weighted by Gasteiger charge is 2.64. The molecule has 0 bridgehead atoms. The number of hydrogen-bond acceptors (Lipinski definition) is 12. The van der Waals surface area contributed by atoms with Crippen LogP contribution in [-0.4, -0.2) is 81.2 Å². The van der Waals surface area contributed by atoms with Gasteiger partial charge in [-0.25, -0.2) is 22.7 Å². The van der Waals surface area contributed by atoms with Gasteiger partial charge in [0.1, 0.15) is 24.0 Å². The van der Waals surface area contributed by atoms with Crippen LogP contribution in [-0.2, 0) is 23.4 Å². The molecule has 14 nitrogen and oxygen atoms in total. The number of nitrogen functional groups attached to an aromatic ring is 1. The second-order valence-electron chi connectivity index (χ2n) is 8.90. The summed E-state index contributed by atoms with van der Waals surface area (Å²) < 4.78 is 80.2. The minimum atomic E-state index is -4.47. The van der Waals surface area contributed by atoms with Crippen LogP contribution < -0.4 is 20.7 Å². The molecule has 0 aliphatic carbocycles. The summed E-state index contributed by atoms with van der Waals surface area (Å²) in [6.45, 7) is 2.06. The third-order valence-corrected chi connectivity index (χ3v) is 7.76. The molecule has 1 aromatic carbocycles. The molecule has 0 spiro atoms. The molecule has 224 valence electrons. The highest BCUT2D eigenvalue weighted by atomic mass is 31.2. The SMILES string of the molecule is CCOC(=O)[C@H](C)NP(=O)(OC[C@H]1O[C@@H](n2cnc3c(NC)nc(N)nc32)[C@@](F)(C(F)F)[C@@H]1O)Oc1ccccc1. The molecule has 1 fully saturated rings. The number of aliphatic hydroxyl groups excluding tert-OH is 1. The van der Waals surface area contributed by atoms with Gasteiger partial charge in [-0.05, 0) is 26.0 Å². The molecule has 0 saturated carbocycles. The maximum absolute atomic E-state index is 16.0. The maximum Gasteiger partial charge on any atom is 0.459 e. The van der Waals surface area contributed by atoms with Gasteiger partial charge in [-0.3, -0.25) is 13.9 Å². The van der Waals surface area contributed by atoms with E-state index >= 15 is 4.39 Å². The van der Waals surface area contributed by atoms with Crippen molar-refractivity contribution < 1.29 is 46.2 Å². The Morgan fingerprint density at radius 1 is 1.32 bits per heavy atom. The molecule has 6 atom stereocenters. The van der Waals surface area contributed by atoms with E-state index in [1.165, 1.54) is 26.1 Å². The summed E-state index contributed by atoms with van der Waals surface area (Å²) in [6, 6.07) is 6.52. The van der Waals surface area contributed by atoms with Crippen LogP contribution in [0, 0.1) is 0 Å². The molecule has 1 saturated heterocycles. The molecule has 41 heavy (non-hydrogen) atoms. The van der Waals surface area contributed by atoms with Crippen LogP contribution in [0.1, 0.15) is 20.1 Å². The Morgan fingerprint density at radius 2 is 2.02 bits per heavy atom. The number of carbonyl (C=O) groups excluding carboxylic acids is 1. The zero-order valence-electron chi connectivity index (χ0n) is 22.1. The Morgan fingerprint density at radius 3 is 2.66 bits per heavy atom. The summed E-state index contributed by atoms with van der Waals surface area (Å²) >= 11 is 0. The summed E-state index contributed by atoms with van der Waals surface area (Å²) in [4.78, 5) is 24.1. The van der Waals surface area contributed by atoms with Crippen LogP contribution >= 0.6 is 7.75 Å². The maximum atomic E-state index is 16.0. The van der Waals surface area contributed by atoms with E-state index in [1.807, 2.05) is 0 Å². The van der Waals surface area contributed by atoms with Crippen molar-refractivity contribution in [2.75, 3.05) is 31.3 Å². The number of fused-ring (bicyclic) bond motifs is 1. The van der Waals surface area contributed by atoms with Gasteiger partial charge in [0.25, 0.3) is 6.43 Å². The van der Waals surface area contributed by atoms with E-state index in [4.69, 9.17) is 24.3 Å². The van der Waals surface area contributed by atoms with Gasteiger partial charge in [0.2, 0.25) is 11.6 Å². The summed E-state index contributed by atoms with van der Waals surface area (Å²) in [5.41, 5.74) is 1.95. The molecule has 3 heterocycles. The molecule has 1 aliphatic rings. The standard InChI is InChI=1S/C23H29F3N7O7P/c1-4-37-19(35)12(2)32-41(36,40-13-8-6-5-7-9-13)38-10-14-16(34)23(26,20(24)25)21(39-14)33-11-29-15-17(28-3)30-22(27)31-18(15)33/h5-9,11-12,14,16,20-21,34H,4,10H2,1-3H3,(H,32,36)(H3,27,28,30,31)/t12-,14+,16+,21+,23-,41?/m0/s1. The van der Waals surface area contributed by atoms with Gasteiger partial charge < -0.3 is 30.2 Å². The fraction of sp³-hybridized carbons (Fsp3) is 0.478. The number of esters is 1. The zero-order chi connectivity index (χ0) is 29.9. The number of aromatic nitrogens is 4. The van der Waals surface area contributed by atoms with Crippen LogP contribution in [0.25, 0.3) is 11.2 Å². The highest BCUT2D eigenvalue weighted by Crippen LogP contribution is 2.50. The molecule has 18 heteroatoms. The molecular formula is C23H29F3N7O7P. The average Bonchev–Trinajstić information content (AvgIpc) is 3.46. The number of nitrogens with two attached hydrogens (primary N) is 1. The van der Waals surface area contributed by atoms with E-state index in [-0.39, 0.29) is 35.3 Å². The number of carbonyl (C=O) groups is 1. The number of ether oxygens (including phenoxy) is 2. The van der Waals surface area contributed by atoms with Crippen molar-refractivity contribution in [1.82, 2.24) is 24.6 Å². The fourth-order valence-electron chi connectivity index (χ4n) is 4.14. The van der Waals surface area contributed by atoms with Gasteiger partial charge in [-0.15, -0.1) is 0 Å². The quantitative estimate of drug-likeness (QED) is 0.175. The number of alkyl halides is 3. The molecular weight excluding hydrogens is 574 g/mol. The van der Waals surface area contributed by atoms with E-state index in [1.54, 1.807) is 25.1 Å². The third kappa shape index (κ3) is 6.08. The summed E-state index contributed by atoms with van der Waals surface area (Å²) in [6.07, 6.45) is -9.17. The van der Waals surface area contributed by atoms with Gasteiger partial charge in [0, 0.05) is 7.05 Å². The Kier molecular flexibility index (Phi) is 9.03. The smallest absolute Gasteiger partial charge is 0.459 e. The van der Waals surface area contributed by atoms with Crippen molar-refractivity contribution in [2.45, 2.75) is 50.4 Å². The van der Waals surface area contributed by atoms with Crippen LogP contribution in [0.4, 0.5) is 24.9 Å². The third-order valence-electron chi connectivity index (χ3n) is 6.12. The highest BCUT2D eigenvalue weighted by molar-refractivity contribution is 7.52. The van der Waals surface area contributed by atoms with E-state index in [9.17, 15) is 23.2 Å². The van der Waals surface area contributed by atoms with Gasteiger partial charge >= 0.3 is 13.7 Å². The number of anilines is 2. The first-order valence-electron chi connectivity index (χ1n) is 12.4. The molecule has 0 radical (unpaired) electrons. The summed E-state index contributed by atoms with van der Waals surface area (Å²) in [5.74, 6) is -0.823. The fourth-order valence-corrected chi connectivity index (χ4v) is 5.64. The van der Waals surface area contributed by atoms with Gasteiger partial charge in [-0.1, -0.05) is 18.2 Å². The first kappa shape index (κ1) is 30.5.